The molecule has 80 valence electrons. The predicted molar refractivity (Wildman–Crippen MR) is 61.4 cm³/mol. The third-order valence-electron chi connectivity index (χ3n) is 2.74. The maximum Gasteiger partial charge on any atom is 0.319 e. The van der Waals surface area contributed by atoms with E-state index in [9.17, 15) is 4.79 Å². The van der Waals surface area contributed by atoms with Crippen LogP contribution in [0.15, 0.2) is 18.2 Å². The zero-order valence-electron chi connectivity index (χ0n) is 9.03. The first kappa shape index (κ1) is 9.83. The molecule has 1 aliphatic heterocycles. The van der Waals surface area contributed by atoms with Crippen LogP contribution in [-0.4, -0.2) is 26.7 Å². The van der Waals surface area contributed by atoms with Gasteiger partial charge in [-0.25, -0.2) is 4.79 Å². The van der Waals surface area contributed by atoms with Crippen LogP contribution in [0, 0.1) is 0 Å². The van der Waals surface area contributed by atoms with Gasteiger partial charge >= 0.3 is 6.03 Å². The van der Waals surface area contributed by atoms with Gasteiger partial charge in [0.2, 0.25) is 0 Å². The van der Waals surface area contributed by atoms with Gasteiger partial charge in [-0.05, 0) is 30.2 Å². The molecule has 0 spiro atoms. The highest BCUT2D eigenvalue weighted by Gasteiger charge is 2.22. The van der Waals surface area contributed by atoms with E-state index in [-0.39, 0.29) is 6.03 Å². The number of fused-ring (bicyclic) bond motifs is 1. The Hall–Kier alpha value is -1.71. The van der Waals surface area contributed by atoms with Crippen LogP contribution in [-0.2, 0) is 6.42 Å². The molecule has 0 aliphatic carbocycles. The van der Waals surface area contributed by atoms with Crippen LogP contribution in [0.1, 0.15) is 5.56 Å². The lowest BCUT2D eigenvalue weighted by Gasteiger charge is -2.16. The Kier molecular flexibility index (Phi) is 2.26. The number of hydrogen-bond acceptors (Lipinski definition) is 2. The minimum atomic E-state index is -0.369. The summed E-state index contributed by atoms with van der Waals surface area (Å²) >= 11 is 0. The highest BCUT2D eigenvalue weighted by atomic mass is 16.2. The fourth-order valence-corrected chi connectivity index (χ4v) is 1.90. The third-order valence-corrected chi connectivity index (χ3v) is 2.74. The number of benzene rings is 1. The van der Waals surface area contributed by atoms with E-state index in [1.54, 1.807) is 4.90 Å². The molecule has 0 aromatic heterocycles. The minimum Gasteiger partial charge on any atom is -0.378 e. The van der Waals surface area contributed by atoms with E-state index in [0.717, 1.165) is 17.8 Å². The average Bonchev–Trinajstić information content (AvgIpc) is 2.59. The van der Waals surface area contributed by atoms with Gasteiger partial charge in [0, 0.05) is 32.0 Å². The summed E-state index contributed by atoms with van der Waals surface area (Å²) in [6, 6.07) is 5.70. The molecule has 0 saturated heterocycles. The number of urea groups is 1. The zero-order chi connectivity index (χ0) is 11.0. The number of nitrogens with zero attached hydrogens (tertiary/aromatic N) is 2. The molecule has 0 unspecified atom stereocenters. The molecular formula is C11H15N3O. The monoisotopic (exact) mass is 205 g/mol. The van der Waals surface area contributed by atoms with Gasteiger partial charge < -0.3 is 10.6 Å². The highest BCUT2D eigenvalue weighted by Crippen LogP contribution is 2.30. The molecule has 4 nitrogen and oxygen atoms in total. The van der Waals surface area contributed by atoms with Gasteiger partial charge in [-0.1, -0.05) is 0 Å². The minimum absolute atomic E-state index is 0.369. The van der Waals surface area contributed by atoms with Gasteiger partial charge in [0.15, 0.2) is 0 Å². The molecule has 4 heteroatoms. The Morgan fingerprint density at radius 2 is 2.20 bits per heavy atom. The fraction of sp³-hybridized carbons (Fsp3) is 0.364. The van der Waals surface area contributed by atoms with Gasteiger partial charge in [-0.3, -0.25) is 4.90 Å². The normalized spacial score (nSPS) is 13.9. The third kappa shape index (κ3) is 1.63. The van der Waals surface area contributed by atoms with Gasteiger partial charge in [0.1, 0.15) is 0 Å². The smallest absolute Gasteiger partial charge is 0.319 e. The van der Waals surface area contributed by atoms with Crippen molar-refractivity contribution in [2.75, 3.05) is 30.4 Å². The molecule has 0 fully saturated rings. The van der Waals surface area contributed by atoms with Crippen molar-refractivity contribution in [2.24, 2.45) is 5.73 Å². The number of primary amides is 1. The molecule has 2 N–H and O–H groups in total. The number of amides is 2. The van der Waals surface area contributed by atoms with Crippen molar-refractivity contribution < 1.29 is 4.79 Å². The summed E-state index contributed by atoms with van der Waals surface area (Å²) in [5.74, 6) is 0. The summed E-state index contributed by atoms with van der Waals surface area (Å²) in [6.45, 7) is 0.696. The van der Waals surface area contributed by atoms with E-state index in [4.69, 9.17) is 5.73 Å². The first-order valence-electron chi connectivity index (χ1n) is 4.97. The van der Waals surface area contributed by atoms with E-state index in [1.165, 1.54) is 5.56 Å². The summed E-state index contributed by atoms with van der Waals surface area (Å²) in [7, 11) is 4.01. The van der Waals surface area contributed by atoms with E-state index in [1.807, 2.05) is 31.1 Å². The summed E-state index contributed by atoms with van der Waals surface area (Å²) in [6.07, 6.45) is 0.889. The Bertz CT molecular complexity index is 401. The number of carbonyl (C=O) groups excluding carboxylic acids is 1. The molecule has 1 heterocycles. The Balaban J connectivity index is 2.37. The SMILES string of the molecule is CN(C)c1ccc2c(c1)CCN2C(N)=O. The predicted octanol–water partition coefficient (Wildman–Crippen LogP) is 1.19. The molecule has 1 aliphatic rings. The second-order valence-electron chi connectivity index (χ2n) is 3.95. The van der Waals surface area contributed by atoms with Crippen LogP contribution < -0.4 is 15.5 Å². The van der Waals surface area contributed by atoms with Gasteiger partial charge in [-0.2, -0.15) is 0 Å². The highest BCUT2D eigenvalue weighted by molar-refractivity contribution is 5.93. The first-order chi connectivity index (χ1) is 7.09. The maximum absolute atomic E-state index is 11.1. The summed E-state index contributed by atoms with van der Waals surface area (Å²) in [4.78, 5) is 14.8. The fourth-order valence-electron chi connectivity index (χ4n) is 1.90. The van der Waals surface area contributed by atoms with Gasteiger partial charge in [0.05, 0.1) is 0 Å². The summed E-state index contributed by atoms with van der Waals surface area (Å²) in [5.41, 5.74) is 8.59. The molecule has 1 aromatic carbocycles. The number of rotatable bonds is 1. The lowest BCUT2D eigenvalue weighted by Crippen LogP contribution is -2.33. The van der Waals surface area contributed by atoms with Crippen molar-refractivity contribution in [1.29, 1.82) is 0 Å². The number of nitrogens with two attached hydrogens (primary N) is 1. The van der Waals surface area contributed by atoms with Gasteiger partial charge in [0.25, 0.3) is 0 Å². The van der Waals surface area contributed by atoms with Crippen LogP contribution in [0.25, 0.3) is 0 Å². The second kappa shape index (κ2) is 3.46. The lowest BCUT2D eigenvalue weighted by atomic mass is 10.1. The first-order valence-corrected chi connectivity index (χ1v) is 4.97. The van der Waals surface area contributed by atoms with Crippen LogP contribution in [0.2, 0.25) is 0 Å². The molecule has 0 saturated carbocycles. The number of anilines is 2. The Morgan fingerprint density at radius 3 is 2.80 bits per heavy atom. The van der Waals surface area contributed by atoms with E-state index in [2.05, 4.69) is 6.07 Å². The second-order valence-corrected chi connectivity index (χ2v) is 3.95. The van der Waals surface area contributed by atoms with E-state index in [0.29, 0.717) is 6.54 Å². The topological polar surface area (TPSA) is 49.6 Å². The lowest BCUT2D eigenvalue weighted by molar-refractivity contribution is 0.254. The number of hydrogen-bond donors (Lipinski definition) is 1. The molecule has 2 rings (SSSR count). The molecule has 15 heavy (non-hydrogen) atoms. The largest absolute Gasteiger partial charge is 0.378 e. The molecule has 0 atom stereocenters. The zero-order valence-corrected chi connectivity index (χ0v) is 9.03. The molecule has 0 radical (unpaired) electrons. The summed E-state index contributed by atoms with van der Waals surface area (Å²) < 4.78 is 0. The quantitative estimate of drug-likeness (QED) is 0.748. The van der Waals surface area contributed by atoms with Crippen molar-refractivity contribution in [2.45, 2.75) is 6.42 Å². The van der Waals surface area contributed by atoms with E-state index >= 15 is 0 Å². The van der Waals surface area contributed by atoms with E-state index < -0.39 is 0 Å². The van der Waals surface area contributed by atoms with Gasteiger partial charge in [-0.15, -0.1) is 0 Å². The standard InChI is InChI=1S/C11H15N3O/c1-13(2)9-3-4-10-8(7-9)5-6-14(10)11(12)15/h3-4,7H,5-6H2,1-2H3,(H2,12,15). The van der Waals surface area contributed by atoms with Crippen molar-refractivity contribution in [1.82, 2.24) is 0 Å². The molecule has 0 bridgehead atoms. The van der Waals surface area contributed by atoms with Crippen molar-refractivity contribution in [3.63, 3.8) is 0 Å². The van der Waals surface area contributed by atoms with Crippen LogP contribution in [0.5, 0.6) is 0 Å². The maximum atomic E-state index is 11.1. The Morgan fingerprint density at radius 1 is 1.47 bits per heavy atom. The average molecular weight is 205 g/mol. The van der Waals surface area contributed by atoms with Crippen LogP contribution in [0.3, 0.4) is 0 Å². The van der Waals surface area contributed by atoms with Crippen molar-refractivity contribution in [3.05, 3.63) is 23.8 Å². The molecular weight excluding hydrogens is 190 g/mol. The van der Waals surface area contributed by atoms with Crippen molar-refractivity contribution in [3.8, 4) is 0 Å². The molecule has 1 aromatic rings. The summed E-state index contributed by atoms with van der Waals surface area (Å²) in [5, 5.41) is 0. The Labute approximate surface area is 89.3 Å². The van der Waals surface area contributed by atoms with Crippen LogP contribution >= 0.6 is 0 Å². The van der Waals surface area contributed by atoms with Crippen LogP contribution in [0.4, 0.5) is 16.2 Å². The number of carbonyl (C=O) groups is 1. The van der Waals surface area contributed by atoms with Crippen molar-refractivity contribution >= 4 is 17.4 Å². The molecule has 2 amide bonds.